The Kier molecular flexibility index (Phi) is 4.62. The van der Waals surface area contributed by atoms with E-state index in [0.29, 0.717) is 6.54 Å². The standard InChI is InChI=1S/C17H20BrN3O/c1-2-19-17(22)12-4-3-9-21(11-12)16-7-8-20-15-6-5-13(18)10-14(15)16/h5-8,10,12H,2-4,9,11H2,1H3,(H,19,22)/t12-/m1/s1. The molecule has 2 heterocycles. The Hall–Kier alpha value is -1.62. The molecule has 1 fully saturated rings. The number of hydrogen-bond acceptors (Lipinski definition) is 3. The molecular formula is C17H20BrN3O. The number of rotatable bonds is 3. The van der Waals surface area contributed by atoms with Crippen molar-refractivity contribution < 1.29 is 4.79 Å². The van der Waals surface area contributed by atoms with Gasteiger partial charge in [0.25, 0.3) is 0 Å². The van der Waals surface area contributed by atoms with Crippen LogP contribution in [0.15, 0.2) is 34.9 Å². The second-order valence-corrected chi connectivity index (χ2v) is 6.59. The van der Waals surface area contributed by atoms with E-state index >= 15 is 0 Å². The Balaban J connectivity index is 1.90. The van der Waals surface area contributed by atoms with Crippen molar-refractivity contribution in [2.75, 3.05) is 24.5 Å². The highest BCUT2D eigenvalue weighted by Crippen LogP contribution is 2.31. The van der Waals surface area contributed by atoms with Gasteiger partial charge in [0.1, 0.15) is 0 Å². The van der Waals surface area contributed by atoms with Crippen molar-refractivity contribution in [3.05, 3.63) is 34.9 Å². The molecule has 0 spiro atoms. The van der Waals surface area contributed by atoms with Crippen LogP contribution in [-0.2, 0) is 4.79 Å². The first-order valence-corrected chi connectivity index (χ1v) is 8.55. The zero-order chi connectivity index (χ0) is 15.5. The lowest BCUT2D eigenvalue weighted by Gasteiger charge is -2.34. The van der Waals surface area contributed by atoms with Gasteiger partial charge in [-0.25, -0.2) is 0 Å². The van der Waals surface area contributed by atoms with Crippen molar-refractivity contribution in [1.29, 1.82) is 0 Å². The van der Waals surface area contributed by atoms with E-state index in [1.165, 1.54) is 5.69 Å². The molecule has 1 aromatic carbocycles. The highest BCUT2D eigenvalue weighted by molar-refractivity contribution is 9.10. The minimum Gasteiger partial charge on any atom is -0.370 e. The number of halogens is 1. The minimum atomic E-state index is 0.0732. The number of benzene rings is 1. The van der Waals surface area contributed by atoms with E-state index in [4.69, 9.17) is 0 Å². The molecule has 116 valence electrons. The van der Waals surface area contributed by atoms with Crippen molar-refractivity contribution in [1.82, 2.24) is 10.3 Å². The van der Waals surface area contributed by atoms with Gasteiger partial charge in [-0.2, -0.15) is 0 Å². The van der Waals surface area contributed by atoms with Gasteiger partial charge in [0.05, 0.1) is 11.4 Å². The zero-order valence-corrected chi connectivity index (χ0v) is 14.3. The first kappa shape index (κ1) is 15.3. The molecule has 5 heteroatoms. The fourth-order valence-corrected chi connectivity index (χ4v) is 3.47. The molecule has 1 atom stereocenters. The molecule has 1 N–H and O–H groups in total. The van der Waals surface area contributed by atoms with Gasteiger partial charge in [0.15, 0.2) is 0 Å². The lowest BCUT2D eigenvalue weighted by atomic mass is 9.96. The van der Waals surface area contributed by atoms with Crippen LogP contribution in [0, 0.1) is 5.92 Å². The summed E-state index contributed by atoms with van der Waals surface area (Å²) < 4.78 is 1.05. The van der Waals surface area contributed by atoms with Gasteiger partial charge in [0.2, 0.25) is 5.91 Å². The van der Waals surface area contributed by atoms with Crippen LogP contribution >= 0.6 is 15.9 Å². The number of carbonyl (C=O) groups is 1. The Bertz CT molecular complexity index is 689. The summed E-state index contributed by atoms with van der Waals surface area (Å²) in [4.78, 5) is 18.9. The molecule has 0 radical (unpaired) electrons. The van der Waals surface area contributed by atoms with Crippen LogP contribution < -0.4 is 10.2 Å². The summed E-state index contributed by atoms with van der Waals surface area (Å²) in [7, 11) is 0. The molecular weight excluding hydrogens is 342 g/mol. The van der Waals surface area contributed by atoms with Crippen molar-refractivity contribution in [2.45, 2.75) is 19.8 Å². The van der Waals surface area contributed by atoms with E-state index in [0.717, 1.165) is 41.3 Å². The van der Waals surface area contributed by atoms with Crippen molar-refractivity contribution in [2.24, 2.45) is 5.92 Å². The number of fused-ring (bicyclic) bond motifs is 1. The number of pyridine rings is 1. The monoisotopic (exact) mass is 361 g/mol. The van der Waals surface area contributed by atoms with E-state index in [2.05, 4.69) is 43.3 Å². The largest absolute Gasteiger partial charge is 0.370 e. The van der Waals surface area contributed by atoms with Crippen LogP contribution in [0.1, 0.15) is 19.8 Å². The van der Waals surface area contributed by atoms with Crippen LogP contribution in [0.2, 0.25) is 0 Å². The molecule has 0 unspecified atom stereocenters. The Morgan fingerprint density at radius 1 is 1.45 bits per heavy atom. The number of hydrogen-bond donors (Lipinski definition) is 1. The number of nitrogens with zero attached hydrogens (tertiary/aromatic N) is 2. The fraction of sp³-hybridized carbons (Fsp3) is 0.412. The van der Waals surface area contributed by atoms with E-state index < -0.39 is 0 Å². The quantitative estimate of drug-likeness (QED) is 0.911. The van der Waals surface area contributed by atoms with Crippen LogP contribution in [0.4, 0.5) is 5.69 Å². The zero-order valence-electron chi connectivity index (χ0n) is 12.7. The molecule has 0 bridgehead atoms. The van der Waals surface area contributed by atoms with Gasteiger partial charge >= 0.3 is 0 Å². The summed E-state index contributed by atoms with van der Waals surface area (Å²) in [5, 5.41) is 4.08. The molecule has 0 aliphatic carbocycles. The molecule has 1 aliphatic heterocycles. The van der Waals surface area contributed by atoms with Crippen molar-refractivity contribution in [3.8, 4) is 0 Å². The number of nitrogens with one attached hydrogen (secondary N) is 1. The second-order valence-electron chi connectivity index (χ2n) is 5.67. The smallest absolute Gasteiger partial charge is 0.224 e. The number of anilines is 1. The molecule has 1 aromatic heterocycles. The second kappa shape index (κ2) is 6.65. The van der Waals surface area contributed by atoms with Gasteiger partial charge in [-0.3, -0.25) is 9.78 Å². The van der Waals surface area contributed by atoms with Gasteiger partial charge in [-0.15, -0.1) is 0 Å². The minimum absolute atomic E-state index is 0.0732. The van der Waals surface area contributed by atoms with Crippen LogP contribution in [0.5, 0.6) is 0 Å². The number of carbonyl (C=O) groups excluding carboxylic acids is 1. The van der Waals surface area contributed by atoms with Crippen LogP contribution in [0.25, 0.3) is 10.9 Å². The summed E-state index contributed by atoms with van der Waals surface area (Å²) in [6, 6.07) is 8.18. The lowest BCUT2D eigenvalue weighted by molar-refractivity contribution is -0.125. The van der Waals surface area contributed by atoms with E-state index in [1.807, 2.05) is 25.3 Å². The first-order chi connectivity index (χ1) is 10.7. The van der Waals surface area contributed by atoms with Crippen LogP contribution in [0.3, 0.4) is 0 Å². The summed E-state index contributed by atoms with van der Waals surface area (Å²) in [6.07, 6.45) is 3.86. The topological polar surface area (TPSA) is 45.2 Å². The normalized spacial score (nSPS) is 18.5. The maximum absolute atomic E-state index is 12.1. The molecule has 2 aromatic rings. The Morgan fingerprint density at radius 2 is 2.32 bits per heavy atom. The highest BCUT2D eigenvalue weighted by atomic mass is 79.9. The molecule has 1 amide bonds. The van der Waals surface area contributed by atoms with E-state index in [9.17, 15) is 4.79 Å². The summed E-state index contributed by atoms with van der Waals surface area (Å²) >= 11 is 3.54. The summed E-state index contributed by atoms with van der Waals surface area (Å²) in [5.41, 5.74) is 2.15. The predicted molar refractivity (Wildman–Crippen MR) is 93.1 cm³/mol. The third-order valence-corrected chi connectivity index (χ3v) is 4.66. The lowest BCUT2D eigenvalue weighted by Crippen LogP contribution is -2.43. The van der Waals surface area contributed by atoms with E-state index in [-0.39, 0.29) is 11.8 Å². The van der Waals surface area contributed by atoms with Gasteiger partial charge in [-0.1, -0.05) is 15.9 Å². The SMILES string of the molecule is CCNC(=O)[C@@H]1CCCN(c2ccnc3ccc(Br)cc23)C1. The fourth-order valence-electron chi connectivity index (χ4n) is 3.11. The summed E-state index contributed by atoms with van der Waals surface area (Å²) in [5.74, 6) is 0.246. The van der Waals surface area contributed by atoms with Crippen molar-refractivity contribution in [3.63, 3.8) is 0 Å². The Morgan fingerprint density at radius 3 is 3.14 bits per heavy atom. The number of piperidine rings is 1. The average molecular weight is 362 g/mol. The molecule has 0 saturated carbocycles. The first-order valence-electron chi connectivity index (χ1n) is 7.76. The number of amides is 1. The predicted octanol–water partition coefficient (Wildman–Crippen LogP) is 3.35. The molecule has 3 rings (SSSR count). The number of aromatic nitrogens is 1. The third-order valence-electron chi connectivity index (χ3n) is 4.16. The molecule has 1 aliphatic rings. The average Bonchev–Trinajstić information content (AvgIpc) is 2.54. The van der Waals surface area contributed by atoms with Gasteiger partial charge < -0.3 is 10.2 Å². The highest BCUT2D eigenvalue weighted by Gasteiger charge is 2.26. The molecule has 1 saturated heterocycles. The maximum atomic E-state index is 12.1. The maximum Gasteiger partial charge on any atom is 0.224 e. The molecule has 4 nitrogen and oxygen atoms in total. The third kappa shape index (κ3) is 3.09. The molecule has 22 heavy (non-hydrogen) atoms. The summed E-state index contributed by atoms with van der Waals surface area (Å²) in [6.45, 7) is 4.42. The van der Waals surface area contributed by atoms with Gasteiger partial charge in [0, 0.05) is 41.4 Å². The van der Waals surface area contributed by atoms with Crippen molar-refractivity contribution >= 4 is 38.4 Å². The Labute approximate surface area is 139 Å². The van der Waals surface area contributed by atoms with Crippen LogP contribution in [-0.4, -0.2) is 30.5 Å². The van der Waals surface area contributed by atoms with E-state index in [1.54, 1.807) is 0 Å². The van der Waals surface area contributed by atoms with Gasteiger partial charge in [-0.05, 0) is 44.0 Å².